The van der Waals surface area contributed by atoms with Gasteiger partial charge < -0.3 is 14.0 Å². The highest BCUT2D eigenvalue weighted by atomic mass is 28.4. The quantitative estimate of drug-likeness (QED) is 0.245. The van der Waals surface area contributed by atoms with Gasteiger partial charge in [-0.25, -0.2) is 4.98 Å². The normalized spacial score (nSPS) is 16.1. The zero-order valence-corrected chi connectivity index (χ0v) is 20.4. The van der Waals surface area contributed by atoms with Gasteiger partial charge in [0.1, 0.15) is 12.3 Å². The van der Waals surface area contributed by atoms with E-state index in [0.29, 0.717) is 26.4 Å². The molecule has 0 radical (unpaired) electrons. The summed E-state index contributed by atoms with van der Waals surface area (Å²) in [4.78, 5) is 9.84. The number of hydrogen-bond donors (Lipinski definition) is 0. The van der Waals surface area contributed by atoms with Crippen LogP contribution in [0.15, 0.2) is 35.0 Å². The summed E-state index contributed by atoms with van der Waals surface area (Å²) >= 11 is 0. The van der Waals surface area contributed by atoms with Crippen molar-refractivity contribution in [3.05, 3.63) is 41.2 Å². The first-order chi connectivity index (χ1) is 14.2. The molecule has 1 aliphatic rings. The van der Waals surface area contributed by atoms with Crippen molar-refractivity contribution < 1.29 is 14.0 Å². The van der Waals surface area contributed by atoms with Crippen LogP contribution in [0.3, 0.4) is 0 Å². The highest BCUT2D eigenvalue weighted by Gasteiger charge is 2.36. The van der Waals surface area contributed by atoms with Gasteiger partial charge >= 0.3 is 0 Å². The van der Waals surface area contributed by atoms with Crippen molar-refractivity contribution in [3.63, 3.8) is 0 Å². The molecule has 0 fully saturated rings. The maximum atomic E-state index is 6.09. The lowest BCUT2D eigenvalue weighted by Gasteiger charge is -2.36. The van der Waals surface area contributed by atoms with E-state index >= 15 is 0 Å². The lowest BCUT2D eigenvalue weighted by atomic mass is 9.98. The molecule has 164 valence electrons. The molecule has 30 heavy (non-hydrogen) atoms. The van der Waals surface area contributed by atoms with E-state index in [-0.39, 0.29) is 5.04 Å². The second-order valence-corrected chi connectivity index (χ2v) is 13.9. The molecule has 0 aromatic carbocycles. The number of hydrogen-bond acceptors (Lipinski definition) is 5. The number of aryl methyl sites for hydroxylation is 1. The lowest BCUT2D eigenvalue weighted by molar-refractivity contribution is 0.0368. The molecule has 1 aliphatic carbocycles. The van der Waals surface area contributed by atoms with Crippen LogP contribution in [0.5, 0.6) is 0 Å². The number of allylic oxidation sites excluding steroid dienone is 2. The van der Waals surface area contributed by atoms with E-state index in [2.05, 4.69) is 55.8 Å². The number of pyridine rings is 1. The average Bonchev–Trinajstić information content (AvgIpc) is 2.68. The Hall–Kier alpha value is -1.94. The number of aromatic nitrogens is 1. The molecule has 1 aromatic rings. The topological polar surface area (TPSA) is 52.9 Å². The Bertz CT molecular complexity index is 814. The second kappa shape index (κ2) is 11.4. The van der Waals surface area contributed by atoms with Crippen molar-refractivity contribution >= 4 is 14.0 Å². The third-order valence-corrected chi connectivity index (χ3v) is 10.00. The molecule has 5 nitrogen and oxygen atoms in total. The molecule has 1 heterocycles. The van der Waals surface area contributed by atoms with Crippen molar-refractivity contribution in [1.82, 2.24) is 4.98 Å². The predicted octanol–water partition coefficient (Wildman–Crippen LogP) is 5.26. The van der Waals surface area contributed by atoms with Gasteiger partial charge in [0.2, 0.25) is 0 Å². The molecule has 0 N–H and O–H groups in total. The van der Waals surface area contributed by atoms with Gasteiger partial charge in [0.25, 0.3) is 0 Å². The van der Waals surface area contributed by atoms with Crippen LogP contribution < -0.4 is 0 Å². The molecule has 0 bridgehead atoms. The predicted molar refractivity (Wildman–Crippen MR) is 125 cm³/mol. The molecule has 0 unspecified atom stereocenters. The van der Waals surface area contributed by atoms with E-state index < -0.39 is 8.32 Å². The minimum absolute atomic E-state index is 0.222. The molecule has 1 aromatic heterocycles. The van der Waals surface area contributed by atoms with Crippen molar-refractivity contribution in [3.8, 4) is 11.8 Å². The van der Waals surface area contributed by atoms with Crippen molar-refractivity contribution in [2.75, 3.05) is 26.4 Å². The van der Waals surface area contributed by atoms with Crippen LogP contribution in [0.1, 0.15) is 51.4 Å². The fourth-order valence-electron chi connectivity index (χ4n) is 2.63. The second-order valence-electron chi connectivity index (χ2n) is 9.07. The maximum Gasteiger partial charge on any atom is 0.192 e. The number of nitrogens with zero attached hydrogens (tertiary/aromatic N) is 2. The van der Waals surface area contributed by atoms with Crippen LogP contribution in [0.2, 0.25) is 18.1 Å². The van der Waals surface area contributed by atoms with Crippen molar-refractivity contribution in [1.29, 1.82) is 0 Å². The summed E-state index contributed by atoms with van der Waals surface area (Å²) in [5, 5.41) is 4.47. The number of ether oxygens (including phenoxy) is 1. The van der Waals surface area contributed by atoms with E-state index in [1.165, 1.54) is 0 Å². The van der Waals surface area contributed by atoms with Gasteiger partial charge in [-0.3, -0.25) is 0 Å². The molecular formula is C24H36N2O3Si. The maximum absolute atomic E-state index is 6.09. The largest absolute Gasteiger partial charge is 0.414 e. The minimum Gasteiger partial charge on any atom is -0.414 e. The van der Waals surface area contributed by atoms with E-state index in [4.69, 9.17) is 14.0 Å². The van der Waals surface area contributed by atoms with Crippen LogP contribution in [0, 0.1) is 18.8 Å². The minimum atomic E-state index is -1.70. The summed E-state index contributed by atoms with van der Waals surface area (Å²) in [5.41, 5.74) is 3.78. The standard InChI is InChI=1S/C24H36N2O3Si/c1-20-9-7-11-22(25-20)14-13-21-10-8-12-23(19-21)26-28-17-15-27-16-18-29-30(5,6)24(2,3)4/h7,9,11,19H,8,10,12,15-18H2,1-6H3/b26-23+. The van der Waals surface area contributed by atoms with Gasteiger partial charge in [0.15, 0.2) is 8.32 Å². The van der Waals surface area contributed by atoms with Gasteiger partial charge in [-0.05, 0) is 68.4 Å². The Balaban J connectivity index is 1.69. The summed E-state index contributed by atoms with van der Waals surface area (Å²) in [7, 11) is -1.70. The van der Waals surface area contributed by atoms with Crippen LogP contribution in [-0.4, -0.2) is 45.4 Å². The molecular weight excluding hydrogens is 392 g/mol. The van der Waals surface area contributed by atoms with Crippen LogP contribution >= 0.6 is 0 Å². The molecule has 2 rings (SSSR count). The first-order valence-electron chi connectivity index (χ1n) is 10.7. The molecule has 0 saturated heterocycles. The Morgan fingerprint density at radius 2 is 1.83 bits per heavy atom. The van der Waals surface area contributed by atoms with Crippen molar-refractivity contribution in [2.45, 2.75) is 65.1 Å². The number of rotatable bonds is 8. The molecule has 0 amide bonds. The average molecular weight is 429 g/mol. The summed E-state index contributed by atoms with van der Waals surface area (Å²) in [6.07, 6.45) is 4.94. The first kappa shape index (κ1) is 24.3. The molecule has 6 heteroatoms. The highest BCUT2D eigenvalue weighted by Crippen LogP contribution is 2.36. The van der Waals surface area contributed by atoms with E-state index in [0.717, 1.165) is 41.9 Å². The Morgan fingerprint density at radius 1 is 1.07 bits per heavy atom. The summed E-state index contributed by atoms with van der Waals surface area (Å²) in [6.45, 7) is 15.3. The first-order valence-corrected chi connectivity index (χ1v) is 13.6. The Kier molecular flexibility index (Phi) is 9.28. The third kappa shape index (κ3) is 8.43. The fourth-order valence-corrected chi connectivity index (χ4v) is 3.66. The molecule has 0 atom stereocenters. The van der Waals surface area contributed by atoms with Gasteiger partial charge in [0.05, 0.1) is 25.5 Å². The highest BCUT2D eigenvalue weighted by molar-refractivity contribution is 6.74. The Morgan fingerprint density at radius 3 is 2.57 bits per heavy atom. The van der Waals surface area contributed by atoms with E-state index in [1.54, 1.807) is 0 Å². The molecule has 0 aliphatic heterocycles. The van der Waals surface area contributed by atoms with Crippen molar-refractivity contribution in [2.24, 2.45) is 5.16 Å². The fraction of sp³-hybridized carbons (Fsp3) is 0.583. The zero-order chi connectivity index (χ0) is 22.0. The Labute approximate surface area is 183 Å². The van der Waals surface area contributed by atoms with Crippen LogP contribution in [-0.2, 0) is 14.0 Å². The zero-order valence-electron chi connectivity index (χ0n) is 19.4. The monoisotopic (exact) mass is 428 g/mol. The van der Waals surface area contributed by atoms with Crippen LogP contribution in [0.4, 0.5) is 0 Å². The third-order valence-electron chi connectivity index (χ3n) is 5.46. The SMILES string of the molecule is Cc1cccc(C#CC2=C/C(=N/OCCOCCO[Si](C)(C)C(C)(C)C)CCC2)n1. The van der Waals surface area contributed by atoms with Crippen LogP contribution in [0.25, 0.3) is 0 Å². The molecule has 0 saturated carbocycles. The number of oxime groups is 1. The smallest absolute Gasteiger partial charge is 0.192 e. The lowest BCUT2D eigenvalue weighted by Crippen LogP contribution is -2.41. The van der Waals surface area contributed by atoms with E-state index in [1.807, 2.05) is 31.2 Å². The summed E-state index contributed by atoms with van der Waals surface area (Å²) in [5.74, 6) is 6.36. The van der Waals surface area contributed by atoms with Gasteiger partial charge in [-0.15, -0.1) is 0 Å². The summed E-state index contributed by atoms with van der Waals surface area (Å²) in [6, 6.07) is 5.88. The summed E-state index contributed by atoms with van der Waals surface area (Å²) < 4.78 is 11.7. The molecule has 0 spiro atoms. The van der Waals surface area contributed by atoms with Gasteiger partial charge in [-0.1, -0.05) is 37.9 Å². The van der Waals surface area contributed by atoms with Gasteiger partial charge in [0, 0.05) is 11.3 Å². The van der Waals surface area contributed by atoms with Gasteiger partial charge in [-0.2, -0.15) is 0 Å². The van der Waals surface area contributed by atoms with E-state index in [9.17, 15) is 0 Å².